The van der Waals surface area contributed by atoms with E-state index >= 15 is 0 Å². The van der Waals surface area contributed by atoms with Gasteiger partial charge in [-0.2, -0.15) is 0 Å². The second kappa shape index (κ2) is 5.72. The lowest BCUT2D eigenvalue weighted by molar-refractivity contribution is -0.140. The predicted molar refractivity (Wildman–Crippen MR) is 62.1 cm³/mol. The van der Waals surface area contributed by atoms with Crippen molar-refractivity contribution in [3.63, 3.8) is 0 Å². The molecule has 94 valence electrons. The first-order chi connectivity index (χ1) is 7.95. The molecule has 6 heteroatoms. The van der Waals surface area contributed by atoms with E-state index < -0.39 is 17.9 Å². The van der Waals surface area contributed by atoms with Gasteiger partial charge in [0.1, 0.15) is 6.04 Å². The Morgan fingerprint density at radius 1 is 1.53 bits per heavy atom. The number of amides is 1. The highest BCUT2D eigenvalue weighted by Crippen LogP contribution is 2.14. The van der Waals surface area contributed by atoms with Crippen molar-refractivity contribution in [2.45, 2.75) is 26.3 Å². The number of carboxylic acids is 1. The number of aliphatic carboxylic acids is 1. The molecule has 2 atom stereocenters. The molecule has 1 rings (SSSR count). The van der Waals surface area contributed by atoms with Crippen LogP contribution in [0.3, 0.4) is 0 Å². The first-order valence-electron chi connectivity index (χ1n) is 5.24. The molecule has 1 aromatic rings. The summed E-state index contributed by atoms with van der Waals surface area (Å²) in [6.45, 7) is 3.62. The second-order valence-corrected chi connectivity index (χ2v) is 4.15. The molecule has 1 amide bonds. The predicted octanol–water partition coefficient (Wildman–Crippen LogP) is 2.16. The van der Waals surface area contributed by atoms with E-state index in [9.17, 15) is 9.59 Å². The van der Waals surface area contributed by atoms with E-state index in [1.165, 1.54) is 12.1 Å². The van der Waals surface area contributed by atoms with Crippen LogP contribution in [-0.4, -0.2) is 23.0 Å². The van der Waals surface area contributed by atoms with Crippen molar-refractivity contribution in [3.8, 4) is 0 Å². The highest BCUT2D eigenvalue weighted by molar-refractivity contribution is 6.29. The lowest BCUT2D eigenvalue weighted by atomic mass is 9.99. The Morgan fingerprint density at radius 2 is 2.18 bits per heavy atom. The van der Waals surface area contributed by atoms with Crippen molar-refractivity contribution in [1.29, 1.82) is 0 Å². The molecule has 0 unspecified atom stereocenters. The number of hydrogen-bond acceptors (Lipinski definition) is 3. The van der Waals surface area contributed by atoms with Gasteiger partial charge < -0.3 is 14.8 Å². The van der Waals surface area contributed by atoms with Crippen LogP contribution in [0.5, 0.6) is 0 Å². The fraction of sp³-hybridized carbons (Fsp3) is 0.455. The second-order valence-electron chi connectivity index (χ2n) is 3.78. The third kappa shape index (κ3) is 3.49. The van der Waals surface area contributed by atoms with Gasteiger partial charge in [-0.3, -0.25) is 4.79 Å². The van der Waals surface area contributed by atoms with Gasteiger partial charge in [0, 0.05) is 0 Å². The summed E-state index contributed by atoms with van der Waals surface area (Å²) in [6.07, 6.45) is 0.649. The summed E-state index contributed by atoms with van der Waals surface area (Å²) in [5.41, 5.74) is 0. The highest BCUT2D eigenvalue weighted by atomic mass is 35.5. The molecule has 0 aromatic carbocycles. The van der Waals surface area contributed by atoms with Gasteiger partial charge in [0.05, 0.1) is 0 Å². The average Bonchev–Trinajstić information content (AvgIpc) is 2.71. The number of furan rings is 1. The van der Waals surface area contributed by atoms with Crippen LogP contribution in [-0.2, 0) is 4.79 Å². The smallest absolute Gasteiger partial charge is 0.326 e. The zero-order chi connectivity index (χ0) is 13.0. The maximum absolute atomic E-state index is 11.7. The van der Waals surface area contributed by atoms with Gasteiger partial charge in [0.25, 0.3) is 5.91 Å². The number of nitrogens with one attached hydrogen (secondary N) is 1. The van der Waals surface area contributed by atoms with Gasteiger partial charge in [-0.15, -0.1) is 0 Å². The molecule has 0 saturated heterocycles. The number of hydrogen-bond donors (Lipinski definition) is 2. The third-order valence-electron chi connectivity index (χ3n) is 2.56. The van der Waals surface area contributed by atoms with Crippen LogP contribution < -0.4 is 5.32 Å². The number of carbonyl (C=O) groups is 2. The molecule has 5 nitrogen and oxygen atoms in total. The van der Waals surface area contributed by atoms with E-state index in [0.717, 1.165) is 0 Å². The monoisotopic (exact) mass is 259 g/mol. The first-order valence-corrected chi connectivity index (χ1v) is 5.62. The standard InChI is InChI=1S/C11H14ClNO4/c1-3-6(2)9(11(15)16)13-10(14)7-4-5-8(12)17-7/h4-6,9H,3H2,1-2H3,(H,13,14)(H,15,16)/t6-,9-/m0/s1. The Kier molecular flexibility index (Phi) is 4.57. The van der Waals surface area contributed by atoms with Crippen LogP contribution in [0.25, 0.3) is 0 Å². The Labute approximate surface area is 104 Å². The largest absolute Gasteiger partial charge is 0.480 e. The minimum absolute atomic E-state index is 0.00422. The zero-order valence-corrected chi connectivity index (χ0v) is 10.3. The lowest BCUT2D eigenvalue weighted by Crippen LogP contribution is -2.44. The van der Waals surface area contributed by atoms with Crippen molar-refractivity contribution in [2.24, 2.45) is 5.92 Å². The van der Waals surface area contributed by atoms with Crippen molar-refractivity contribution < 1.29 is 19.1 Å². The summed E-state index contributed by atoms with van der Waals surface area (Å²) >= 11 is 5.53. The Morgan fingerprint density at radius 3 is 2.59 bits per heavy atom. The number of carboxylic acid groups (broad SMARTS) is 1. The number of carbonyl (C=O) groups excluding carboxylic acids is 1. The minimum atomic E-state index is -1.06. The minimum Gasteiger partial charge on any atom is -0.480 e. The maximum Gasteiger partial charge on any atom is 0.326 e. The van der Waals surface area contributed by atoms with Crippen LogP contribution >= 0.6 is 11.6 Å². The molecule has 2 N–H and O–H groups in total. The lowest BCUT2D eigenvalue weighted by Gasteiger charge is -2.19. The first kappa shape index (κ1) is 13.6. The van der Waals surface area contributed by atoms with Crippen LogP contribution in [0.1, 0.15) is 30.8 Å². The Balaban J connectivity index is 2.74. The maximum atomic E-state index is 11.7. The molecule has 0 aliphatic heterocycles. The van der Waals surface area contributed by atoms with E-state index in [1.54, 1.807) is 6.92 Å². The quantitative estimate of drug-likeness (QED) is 0.849. The number of rotatable bonds is 5. The molecule has 1 heterocycles. The molecule has 0 aliphatic carbocycles. The average molecular weight is 260 g/mol. The third-order valence-corrected chi connectivity index (χ3v) is 2.77. The summed E-state index contributed by atoms with van der Waals surface area (Å²) in [5.74, 6) is -1.80. The van der Waals surface area contributed by atoms with Gasteiger partial charge in [-0.05, 0) is 29.7 Å². The summed E-state index contributed by atoms with van der Waals surface area (Å²) in [7, 11) is 0. The molecule has 0 spiro atoms. The molecule has 0 bridgehead atoms. The van der Waals surface area contributed by atoms with Crippen LogP contribution in [0, 0.1) is 5.92 Å². The summed E-state index contributed by atoms with van der Waals surface area (Å²) in [4.78, 5) is 22.7. The molecular formula is C11H14ClNO4. The Hall–Kier alpha value is -1.49. The topological polar surface area (TPSA) is 79.5 Å². The molecule has 1 aromatic heterocycles. The van der Waals surface area contributed by atoms with E-state index in [4.69, 9.17) is 21.1 Å². The van der Waals surface area contributed by atoms with Crippen molar-refractivity contribution in [1.82, 2.24) is 5.32 Å². The van der Waals surface area contributed by atoms with Crippen LogP contribution in [0.4, 0.5) is 0 Å². The van der Waals surface area contributed by atoms with Crippen molar-refractivity contribution in [2.75, 3.05) is 0 Å². The van der Waals surface area contributed by atoms with E-state index in [-0.39, 0.29) is 16.9 Å². The molecule has 0 radical (unpaired) electrons. The van der Waals surface area contributed by atoms with Gasteiger partial charge in [0.15, 0.2) is 11.0 Å². The molecule has 0 fully saturated rings. The van der Waals surface area contributed by atoms with Crippen molar-refractivity contribution in [3.05, 3.63) is 23.1 Å². The van der Waals surface area contributed by atoms with Gasteiger partial charge in [-0.25, -0.2) is 4.79 Å². The normalized spacial score (nSPS) is 14.1. The highest BCUT2D eigenvalue weighted by Gasteiger charge is 2.26. The van der Waals surface area contributed by atoms with E-state index in [2.05, 4.69) is 5.32 Å². The van der Waals surface area contributed by atoms with Gasteiger partial charge >= 0.3 is 5.97 Å². The molecule has 17 heavy (non-hydrogen) atoms. The SMILES string of the molecule is CC[C@H](C)[C@H](NC(=O)c1ccc(Cl)o1)C(=O)O. The van der Waals surface area contributed by atoms with Gasteiger partial charge in [-0.1, -0.05) is 20.3 Å². The van der Waals surface area contributed by atoms with Crippen LogP contribution in [0.2, 0.25) is 5.22 Å². The summed E-state index contributed by atoms with van der Waals surface area (Å²) in [6, 6.07) is 1.89. The van der Waals surface area contributed by atoms with E-state index in [0.29, 0.717) is 6.42 Å². The molecular weight excluding hydrogens is 246 g/mol. The fourth-order valence-corrected chi connectivity index (χ4v) is 1.48. The molecule has 0 saturated carbocycles. The Bertz CT molecular complexity index is 415. The van der Waals surface area contributed by atoms with Gasteiger partial charge in [0.2, 0.25) is 0 Å². The zero-order valence-electron chi connectivity index (χ0n) is 9.57. The number of halogens is 1. The molecule has 0 aliphatic rings. The van der Waals surface area contributed by atoms with Crippen molar-refractivity contribution >= 4 is 23.5 Å². The summed E-state index contributed by atoms with van der Waals surface area (Å²) in [5, 5.41) is 11.5. The van der Waals surface area contributed by atoms with E-state index in [1.807, 2.05) is 6.92 Å². The van der Waals surface area contributed by atoms with Crippen LogP contribution in [0.15, 0.2) is 16.5 Å². The summed E-state index contributed by atoms with van der Waals surface area (Å²) < 4.78 is 4.90. The fourth-order valence-electron chi connectivity index (χ4n) is 1.33.